The summed E-state index contributed by atoms with van der Waals surface area (Å²) >= 11 is 0. The van der Waals surface area contributed by atoms with Gasteiger partial charge in [0.25, 0.3) is 5.91 Å². The summed E-state index contributed by atoms with van der Waals surface area (Å²) in [5.74, 6) is -0.0988. The fraction of sp³-hybridized carbons (Fsp3) is 0.0690. The number of benzene rings is 4. The maximum absolute atomic E-state index is 13.0. The second-order valence-electron chi connectivity index (χ2n) is 8.41. The molecule has 0 spiro atoms. The van der Waals surface area contributed by atoms with Gasteiger partial charge in [-0.15, -0.1) is 18.3 Å². The predicted octanol–water partition coefficient (Wildman–Crippen LogP) is 6.68. The molecule has 0 fully saturated rings. The zero-order chi connectivity index (χ0) is 26.5. The molecule has 0 aliphatic rings. The lowest BCUT2D eigenvalue weighted by Gasteiger charge is -2.11. The number of ether oxygens (including phenoxy) is 1. The summed E-state index contributed by atoms with van der Waals surface area (Å²) in [7, 11) is 0. The van der Waals surface area contributed by atoms with E-state index in [-0.39, 0.29) is 11.7 Å². The van der Waals surface area contributed by atoms with Gasteiger partial charge in [0.2, 0.25) is 0 Å². The molecule has 0 saturated carbocycles. The SMILES string of the molecule is O=C(Nc1ccc(-c2ncn(-c3ccc(OC(F)(F)F)cc3)n2)cc1)c1ccccc1Cc1ccccc1. The zero-order valence-electron chi connectivity index (χ0n) is 19.9. The van der Waals surface area contributed by atoms with Crippen LogP contribution in [0.15, 0.2) is 109 Å². The van der Waals surface area contributed by atoms with Crippen LogP contribution in [-0.4, -0.2) is 27.0 Å². The minimum atomic E-state index is -4.75. The molecule has 1 N–H and O–H groups in total. The Labute approximate surface area is 216 Å². The largest absolute Gasteiger partial charge is 0.573 e. The van der Waals surface area contributed by atoms with Gasteiger partial charge in [0.05, 0.1) is 5.69 Å². The molecule has 5 aromatic rings. The Morgan fingerprint density at radius 2 is 1.53 bits per heavy atom. The number of carbonyl (C=O) groups excluding carboxylic acids is 1. The molecule has 0 saturated heterocycles. The molecule has 0 aliphatic carbocycles. The summed E-state index contributed by atoms with van der Waals surface area (Å²) in [6.07, 6.45) is -2.64. The molecule has 0 aliphatic heterocycles. The Morgan fingerprint density at radius 3 is 2.24 bits per heavy atom. The molecule has 0 radical (unpaired) electrons. The van der Waals surface area contributed by atoms with Gasteiger partial charge in [-0.1, -0.05) is 48.5 Å². The summed E-state index contributed by atoms with van der Waals surface area (Å²) < 4.78 is 42.4. The van der Waals surface area contributed by atoms with Gasteiger partial charge in [-0.25, -0.2) is 9.67 Å². The summed E-state index contributed by atoms with van der Waals surface area (Å²) in [5, 5.41) is 7.34. The first-order chi connectivity index (χ1) is 18.3. The molecule has 1 aromatic heterocycles. The number of rotatable bonds is 7. The standard InChI is InChI=1S/C29H21F3N4O2/c30-29(31,32)38-25-16-14-24(15-17-25)36-19-33-27(35-36)21-10-12-23(13-11-21)34-28(37)26-9-5-4-8-22(26)18-20-6-2-1-3-7-20/h1-17,19H,18H2,(H,34,37). The number of aromatic nitrogens is 3. The smallest absolute Gasteiger partial charge is 0.406 e. The lowest BCUT2D eigenvalue weighted by atomic mass is 9.99. The molecule has 0 atom stereocenters. The normalized spacial score (nSPS) is 11.2. The van der Waals surface area contributed by atoms with Crippen LogP contribution in [-0.2, 0) is 6.42 Å². The Balaban J connectivity index is 1.26. The first-order valence-electron chi connectivity index (χ1n) is 11.7. The number of halogens is 3. The van der Waals surface area contributed by atoms with Crippen LogP contribution < -0.4 is 10.1 Å². The van der Waals surface area contributed by atoms with E-state index in [4.69, 9.17) is 0 Å². The van der Waals surface area contributed by atoms with Crippen molar-refractivity contribution in [2.45, 2.75) is 12.8 Å². The average Bonchev–Trinajstić information content (AvgIpc) is 3.40. The van der Waals surface area contributed by atoms with E-state index in [1.807, 2.05) is 48.5 Å². The van der Waals surface area contributed by atoms with Crippen molar-refractivity contribution in [3.05, 3.63) is 126 Å². The van der Waals surface area contributed by atoms with Gasteiger partial charge in [-0.3, -0.25) is 4.79 Å². The highest BCUT2D eigenvalue weighted by molar-refractivity contribution is 6.05. The molecule has 0 bridgehead atoms. The van der Waals surface area contributed by atoms with Crippen molar-refractivity contribution in [3.63, 3.8) is 0 Å². The van der Waals surface area contributed by atoms with E-state index in [1.54, 1.807) is 30.3 Å². The first kappa shape index (κ1) is 24.8. The van der Waals surface area contributed by atoms with Crippen LogP contribution in [0.25, 0.3) is 17.1 Å². The van der Waals surface area contributed by atoms with Crippen molar-refractivity contribution in [1.82, 2.24) is 14.8 Å². The number of nitrogens with zero attached hydrogens (tertiary/aromatic N) is 3. The zero-order valence-corrected chi connectivity index (χ0v) is 19.9. The van der Waals surface area contributed by atoms with Gasteiger partial charge in [-0.2, -0.15) is 0 Å². The van der Waals surface area contributed by atoms with E-state index in [1.165, 1.54) is 35.3 Å². The van der Waals surface area contributed by atoms with Gasteiger partial charge in [0.15, 0.2) is 5.82 Å². The number of hydrogen-bond acceptors (Lipinski definition) is 4. The molecule has 5 rings (SSSR count). The lowest BCUT2D eigenvalue weighted by Crippen LogP contribution is -2.17. The number of carbonyl (C=O) groups is 1. The van der Waals surface area contributed by atoms with Crippen LogP contribution >= 0.6 is 0 Å². The van der Waals surface area contributed by atoms with Crippen LogP contribution in [0.1, 0.15) is 21.5 Å². The third-order valence-electron chi connectivity index (χ3n) is 5.73. The Hall–Kier alpha value is -4.92. The van der Waals surface area contributed by atoms with Crippen molar-refractivity contribution >= 4 is 11.6 Å². The van der Waals surface area contributed by atoms with E-state index in [2.05, 4.69) is 20.1 Å². The first-order valence-corrected chi connectivity index (χ1v) is 11.7. The summed E-state index contributed by atoms with van der Waals surface area (Å²) in [6, 6.07) is 29.9. The molecule has 0 unspecified atom stereocenters. The van der Waals surface area contributed by atoms with Gasteiger partial charge in [-0.05, 0) is 72.1 Å². The van der Waals surface area contributed by atoms with Crippen molar-refractivity contribution < 1.29 is 22.7 Å². The molecule has 1 amide bonds. The molecular formula is C29H21F3N4O2. The highest BCUT2D eigenvalue weighted by atomic mass is 19.4. The van der Waals surface area contributed by atoms with Crippen molar-refractivity contribution in [2.75, 3.05) is 5.32 Å². The highest BCUT2D eigenvalue weighted by Crippen LogP contribution is 2.24. The fourth-order valence-electron chi connectivity index (χ4n) is 3.93. The van der Waals surface area contributed by atoms with Crippen LogP contribution in [0.4, 0.5) is 18.9 Å². The van der Waals surface area contributed by atoms with Gasteiger partial charge < -0.3 is 10.1 Å². The highest BCUT2D eigenvalue weighted by Gasteiger charge is 2.31. The Bertz CT molecular complexity index is 1530. The number of anilines is 1. The molecule has 9 heteroatoms. The quantitative estimate of drug-likeness (QED) is 0.263. The molecule has 190 valence electrons. The maximum Gasteiger partial charge on any atom is 0.573 e. The molecular weight excluding hydrogens is 493 g/mol. The number of hydrogen-bond donors (Lipinski definition) is 1. The summed E-state index contributed by atoms with van der Waals surface area (Å²) in [6.45, 7) is 0. The van der Waals surface area contributed by atoms with E-state index in [0.717, 1.165) is 11.1 Å². The van der Waals surface area contributed by atoms with Crippen LogP contribution in [0, 0.1) is 0 Å². The topological polar surface area (TPSA) is 69.0 Å². The van der Waals surface area contributed by atoms with E-state index in [9.17, 15) is 18.0 Å². The minimum Gasteiger partial charge on any atom is -0.406 e. The van der Waals surface area contributed by atoms with E-state index < -0.39 is 6.36 Å². The molecule has 38 heavy (non-hydrogen) atoms. The van der Waals surface area contributed by atoms with Crippen molar-refractivity contribution in [1.29, 1.82) is 0 Å². The summed E-state index contributed by atoms with van der Waals surface area (Å²) in [4.78, 5) is 17.3. The van der Waals surface area contributed by atoms with E-state index >= 15 is 0 Å². The molecule has 4 aromatic carbocycles. The predicted molar refractivity (Wildman–Crippen MR) is 137 cm³/mol. The van der Waals surface area contributed by atoms with Gasteiger partial charge in [0, 0.05) is 16.8 Å². The van der Waals surface area contributed by atoms with Gasteiger partial charge >= 0.3 is 6.36 Å². The number of amides is 1. The van der Waals surface area contributed by atoms with Crippen LogP contribution in [0.5, 0.6) is 5.75 Å². The van der Waals surface area contributed by atoms with Gasteiger partial charge in [0.1, 0.15) is 12.1 Å². The lowest BCUT2D eigenvalue weighted by molar-refractivity contribution is -0.274. The molecule has 6 nitrogen and oxygen atoms in total. The number of alkyl halides is 3. The van der Waals surface area contributed by atoms with E-state index in [0.29, 0.717) is 34.7 Å². The van der Waals surface area contributed by atoms with Crippen molar-refractivity contribution in [3.8, 4) is 22.8 Å². The Kier molecular flexibility index (Phi) is 6.90. The minimum absolute atomic E-state index is 0.204. The third-order valence-corrected chi connectivity index (χ3v) is 5.73. The maximum atomic E-state index is 13.0. The number of nitrogens with one attached hydrogen (secondary N) is 1. The third kappa shape index (κ3) is 6.07. The second-order valence-corrected chi connectivity index (χ2v) is 8.41. The van der Waals surface area contributed by atoms with Crippen molar-refractivity contribution in [2.24, 2.45) is 0 Å². The van der Waals surface area contributed by atoms with Crippen LogP contribution in [0.3, 0.4) is 0 Å². The van der Waals surface area contributed by atoms with Crippen LogP contribution in [0.2, 0.25) is 0 Å². The monoisotopic (exact) mass is 514 g/mol. The molecule has 1 heterocycles. The average molecular weight is 515 g/mol. The Morgan fingerprint density at radius 1 is 0.842 bits per heavy atom. The fourth-order valence-corrected chi connectivity index (χ4v) is 3.93. The summed E-state index contributed by atoms with van der Waals surface area (Å²) in [5.41, 5.74) is 4.51. The second kappa shape index (κ2) is 10.6.